The van der Waals surface area contributed by atoms with Gasteiger partial charge in [-0.2, -0.15) is 0 Å². The number of carbonyl (C=O) groups excluding carboxylic acids is 1. The number of rotatable bonds is 6. The lowest BCUT2D eigenvalue weighted by Gasteiger charge is -2.33. The molecule has 5 rings (SSSR count). The van der Waals surface area contributed by atoms with E-state index in [2.05, 4.69) is 22.6 Å². The molecular formula is C31H34N4O3. The van der Waals surface area contributed by atoms with Gasteiger partial charge in [0.05, 0.1) is 0 Å². The van der Waals surface area contributed by atoms with Crippen LogP contribution in [-0.4, -0.2) is 44.6 Å². The molecule has 7 heteroatoms. The summed E-state index contributed by atoms with van der Waals surface area (Å²) in [6, 6.07) is 18.2. The van der Waals surface area contributed by atoms with Crippen molar-refractivity contribution in [1.82, 2.24) is 19.9 Å². The molecule has 3 heterocycles. The Kier molecular flexibility index (Phi) is 7.18. The lowest BCUT2D eigenvalue weighted by molar-refractivity contribution is 0.0205. The van der Waals surface area contributed by atoms with Gasteiger partial charge in [-0.05, 0) is 74.9 Å². The van der Waals surface area contributed by atoms with E-state index < -0.39 is 5.60 Å². The molecule has 1 aliphatic heterocycles. The van der Waals surface area contributed by atoms with Crippen LogP contribution in [0.1, 0.15) is 56.2 Å². The van der Waals surface area contributed by atoms with Crippen LogP contribution in [-0.2, 0) is 11.3 Å². The summed E-state index contributed by atoms with van der Waals surface area (Å²) >= 11 is 0. The molecule has 2 aromatic heterocycles. The van der Waals surface area contributed by atoms with Gasteiger partial charge in [-0.15, -0.1) is 0 Å². The van der Waals surface area contributed by atoms with Crippen molar-refractivity contribution in [2.24, 2.45) is 0 Å². The van der Waals surface area contributed by atoms with Crippen molar-refractivity contribution in [1.29, 1.82) is 0 Å². The van der Waals surface area contributed by atoms with Crippen LogP contribution in [0.2, 0.25) is 0 Å². The highest BCUT2D eigenvalue weighted by atomic mass is 16.6. The Morgan fingerprint density at radius 1 is 1.13 bits per heavy atom. The van der Waals surface area contributed by atoms with Gasteiger partial charge >= 0.3 is 6.09 Å². The summed E-state index contributed by atoms with van der Waals surface area (Å²) in [5.74, 6) is 1.86. The number of aromatic nitrogens is 3. The number of imidazole rings is 1. The smallest absolute Gasteiger partial charge is 0.410 e. The normalized spacial score (nSPS) is 14.4. The second-order valence-corrected chi connectivity index (χ2v) is 10.7. The van der Waals surface area contributed by atoms with E-state index in [1.165, 1.54) is 0 Å². The quantitative estimate of drug-likeness (QED) is 0.303. The van der Waals surface area contributed by atoms with Crippen molar-refractivity contribution >= 4 is 23.3 Å². The molecule has 1 saturated heterocycles. The van der Waals surface area contributed by atoms with Crippen LogP contribution in [0.4, 0.5) is 4.79 Å². The Hall–Kier alpha value is -4.13. The number of hydrogen-bond donors (Lipinski definition) is 1. The van der Waals surface area contributed by atoms with E-state index in [0.29, 0.717) is 25.6 Å². The highest BCUT2D eigenvalue weighted by molar-refractivity contribution is 5.77. The molecule has 38 heavy (non-hydrogen) atoms. The standard InChI is InChI=1S/C31H34N4O3/c1-5-22-17-24(11-12-27(22)37-20-21-9-7-6-8-10-21)28-33-26-18-25(19-32-29(26)34-28)23-13-15-35(16-14-23)30(36)38-31(2,3)4/h5-12,17-19,23H,1,13-16,20H2,2-4H3,(H,32,33,34). The van der Waals surface area contributed by atoms with E-state index in [-0.39, 0.29) is 6.09 Å². The Bertz CT molecular complexity index is 1430. The number of pyridine rings is 1. The van der Waals surface area contributed by atoms with Crippen molar-refractivity contribution in [3.05, 3.63) is 84.1 Å². The molecule has 4 aromatic rings. The van der Waals surface area contributed by atoms with Gasteiger partial charge in [-0.25, -0.2) is 14.8 Å². The summed E-state index contributed by atoms with van der Waals surface area (Å²) in [5, 5.41) is 0. The molecule has 1 amide bonds. The van der Waals surface area contributed by atoms with Crippen LogP contribution < -0.4 is 4.74 Å². The zero-order valence-corrected chi connectivity index (χ0v) is 22.2. The van der Waals surface area contributed by atoms with Gasteiger partial charge in [0, 0.05) is 30.4 Å². The van der Waals surface area contributed by atoms with Crippen LogP contribution in [0.3, 0.4) is 0 Å². The number of amides is 1. The first-order valence-corrected chi connectivity index (χ1v) is 13.1. The molecule has 2 aromatic carbocycles. The van der Waals surface area contributed by atoms with Gasteiger partial charge in [-0.1, -0.05) is 43.0 Å². The van der Waals surface area contributed by atoms with Crippen molar-refractivity contribution in [3.63, 3.8) is 0 Å². The molecule has 1 N–H and O–H groups in total. The molecule has 0 radical (unpaired) electrons. The van der Waals surface area contributed by atoms with Gasteiger partial charge in [0.25, 0.3) is 0 Å². The summed E-state index contributed by atoms with van der Waals surface area (Å²) in [5.41, 5.74) is 5.21. The highest BCUT2D eigenvalue weighted by Crippen LogP contribution is 2.31. The third-order valence-electron chi connectivity index (χ3n) is 6.72. The van der Waals surface area contributed by atoms with E-state index in [9.17, 15) is 4.79 Å². The van der Waals surface area contributed by atoms with Crippen molar-refractivity contribution in [3.8, 4) is 17.1 Å². The van der Waals surface area contributed by atoms with Crippen LogP contribution in [0.25, 0.3) is 28.6 Å². The lowest BCUT2D eigenvalue weighted by Crippen LogP contribution is -2.41. The Morgan fingerprint density at radius 3 is 2.61 bits per heavy atom. The van der Waals surface area contributed by atoms with Gasteiger partial charge in [-0.3, -0.25) is 0 Å². The minimum absolute atomic E-state index is 0.239. The first-order chi connectivity index (χ1) is 18.3. The molecule has 196 valence electrons. The average molecular weight is 511 g/mol. The summed E-state index contributed by atoms with van der Waals surface area (Å²) < 4.78 is 11.6. The SMILES string of the molecule is C=Cc1cc(-c2nc3cc(C4CCN(C(=O)OC(C)(C)C)CC4)cnc3[nH]2)ccc1OCc1ccccc1. The Balaban J connectivity index is 1.28. The minimum Gasteiger partial charge on any atom is -0.488 e. The van der Waals surface area contributed by atoms with Gasteiger partial charge in [0.2, 0.25) is 0 Å². The predicted octanol–water partition coefficient (Wildman–Crippen LogP) is 6.96. The fraction of sp³-hybridized carbons (Fsp3) is 0.323. The summed E-state index contributed by atoms with van der Waals surface area (Å²) in [7, 11) is 0. The largest absolute Gasteiger partial charge is 0.488 e. The maximum absolute atomic E-state index is 12.4. The van der Waals surface area contributed by atoms with E-state index in [1.807, 2.05) is 75.5 Å². The number of piperidine rings is 1. The summed E-state index contributed by atoms with van der Waals surface area (Å²) in [6.45, 7) is 11.5. The van der Waals surface area contributed by atoms with Gasteiger partial charge < -0.3 is 19.4 Å². The number of H-pyrrole nitrogens is 1. The zero-order chi connectivity index (χ0) is 26.7. The fourth-order valence-corrected chi connectivity index (χ4v) is 4.71. The molecule has 0 atom stereocenters. The number of aromatic amines is 1. The monoisotopic (exact) mass is 510 g/mol. The second-order valence-electron chi connectivity index (χ2n) is 10.7. The maximum Gasteiger partial charge on any atom is 0.410 e. The number of hydrogen-bond acceptors (Lipinski definition) is 5. The topological polar surface area (TPSA) is 80.3 Å². The van der Waals surface area contributed by atoms with Crippen LogP contribution in [0.5, 0.6) is 5.75 Å². The van der Waals surface area contributed by atoms with Crippen molar-refractivity contribution in [2.45, 2.75) is 51.7 Å². The third-order valence-corrected chi connectivity index (χ3v) is 6.72. The summed E-state index contributed by atoms with van der Waals surface area (Å²) in [6.07, 6.45) is 5.23. The highest BCUT2D eigenvalue weighted by Gasteiger charge is 2.28. The molecule has 0 unspecified atom stereocenters. The minimum atomic E-state index is -0.484. The molecule has 0 aliphatic carbocycles. The van der Waals surface area contributed by atoms with Gasteiger partial charge in [0.15, 0.2) is 5.65 Å². The number of likely N-dealkylation sites (tertiary alicyclic amines) is 1. The molecule has 7 nitrogen and oxygen atoms in total. The van der Waals surface area contributed by atoms with E-state index in [4.69, 9.17) is 14.5 Å². The van der Waals surface area contributed by atoms with Crippen LogP contribution >= 0.6 is 0 Å². The number of ether oxygens (including phenoxy) is 2. The first kappa shape index (κ1) is 25.5. The van der Waals surface area contributed by atoms with Crippen molar-refractivity contribution < 1.29 is 14.3 Å². The Morgan fingerprint density at radius 2 is 1.89 bits per heavy atom. The number of nitrogens with one attached hydrogen (secondary N) is 1. The van der Waals surface area contributed by atoms with E-state index >= 15 is 0 Å². The molecule has 1 fully saturated rings. The molecule has 1 aliphatic rings. The molecule has 0 saturated carbocycles. The summed E-state index contributed by atoms with van der Waals surface area (Å²) in [4.78, 5) is 27.0. The van der Waals surface area contributed by atoms with Crippen LogP contribution in [0, 0.1) is 0 Å². The Labute approximate surface area is 223 Å². The second kappa shape index (κ2) is 10.7. The molecular weight excluding hydrogens is 476 g/mol. The number of benzene rings is 2. The number of fused-ring (bicyclic) bond motifs is 1. The average Bonchev–Trinajstić information content (AvgIpc) is 3.35. The fourth-order valence-electron chi connectivity index (χ4n) is 4.71. The molecule has 0 spiro atoms. The number of nitrogens with zero attached hydrogens (tertiary/aromatic N) is 3. The lowest BCUT2D eigenvalue weighted by atomic mass is 9.90. The third kappa shape index (κ3) is 5.88. The van der Waals surface area contributed by atoms with E-state index in [1.54, 1.807) is 11.0 Å². The maximum atomic E-state index is 12.4. The molecule has 0 bridgehead atoms. The van der Waals surface area contributed by atoms with Crippen LogP contribution in [0.15, 0.2) is 67.4 Å². The number of carbonyl (C=O) groups is 1. The zero-order valence-electron chi connectivity index (χ0n) is 22.2. The predicted molar refractivity (Wildman–Crippen MR) is 150 cm³/mol. The van der Waals surface area contributed by atoms with Gasteiger partial charge in [0.1, 0.15) is 29.3 Å². The van der Waals surface area contributed by atoms with Crippen molar-refractivity contribution in [2.75, 3.05) is 13.1 Å². The van der Waals surface area contributed by atoms with E-state index in [0.717, 1.165) is 57.8 Å². The first-order valence-electron chi connectivity index (χ1n) is 13.1.